The molecule has 0 aromatic heterocycles. The van der Waals surface area contributed by atoms with Crippen LogP contribution in [0.1, 0.15) is 23.2 Å². The molecule has 1 heterocycles. The summed E-state index contributed by atoms with van der Waals surface area (Å²) in [4.78, 5) is 34.8. The normalized spacial score (nSPS) is 14.9. The summed E-state index contributed by atoms with van der Waals surface area (Å²) in [6.45, 7) is 0.368. The Morgan fingerprint density at radius 1 is 1.44 bits per heavy atom. The molecule has 2 amide bonds. The fraction of sp³-hybridized carbons (Fsp3) is 0.273. The second-order valence-electron chi connectivity index (χ2n) is 3.88. The summed E-state index contributed by atoms with van der Waals surface area (Å²) in [5.74, 6) is -0.730. The Morgan fingerprint density at radius 3 is 2.72 bits per heavy atom. The summed E-state index contributed by atoms with van der Waals surface area (Å²) in [6.07, 6.45) is 0.982. The Bertz CT molecular complexity index is 544. The number of nitro groups is 1. The standard InChI is InChI=1S/C11H9BrN2O4/c12-9-4-3-7(14(17)18)6-8(9)11(16)13-5-1-2-10(13)15/h3-4,6H,1-2,5H2. The average molecular weight is 313 g/mol. The number of non-ortho nitro benzene ring substituents is 1. The van der Waals surface area contributed by atoms with Crippen LogP contribution >= 0.6 is 15.9 Å². The van der Waals surface area contributed by atoms with Crippen LogP contribution in [-0.4, -0.2) is 28.2 Å². The summed E-state index contributed by atoms with van der Waals surface area (Å²) >= 11 is 3.17. The maximum atomic E-state index is 12.1. The van der Waals surface area contributed by atoms with Crippen molar-refractivity contribution in [3.05, 3.63) is 38.3 Å². The topological polar surface area (TPSA) is 80.5 Å². The predicted octanol–water partition coefficient (Wildman–Crippen LogP) is 2.12. The zero-order chi connectivity index (χ0) is 13.3. The van der Waals surface area contributed by atoms with Crippen molar-refractivity contribution in [2.24, 2.45) is 0 Å². The van der Waals surface area contributed by atoms with Crippen LogP contribution in [-0.2, 0) is 4.79 Å². The highest BCUT2D eigenvalue weighted by molar-refractivity contribution is 9.10. The van der Waals surface area contributed by atoms with E-state index in [-0.39, 0.29) is 17.2 Å². The molecule has 1 saturated heterocycles. The van der Waals surface area contributed by atoms with Crippen molar-refractivity contribution in [1.82, 2.24) is 4.90 Å². The van der Waals surface area contributed by atoms with Gasteiger partial charge in [-0.15, -0.1) is 0 Å². The summed E-state index contributed by atoms with van der Waals surface area (Å²) in [7, 11) is 0. The summed E-state index contributed by atoms with van der Waals surface area (Å²) in [6, 6.07) is 3.91. The van der Waals surface area contributed by atoms with Crippen molar-refractivity contribution in [2.75, 3.05) is 6.54 Å². The fourth-order valence-corrected chi connectivity index (χ4v) is 2.22. The Kier molecular flexibility index (Phi) is 3.42. The minimum absolute atomic E-state index is 0.138. The number of hydrogen-bond donors (Lipinski definition) is 0. The SMILES string of the molecule is O=C1CCCN1C(=O)c1cc([N+](=O)[O-])ccc1Br. The first-order valence-corrected chi connectivity index (χ1v) is 6.08. The zero-order valence-electron chi connectivity index (χ0n) is 9.26. The van der Waals surface area contributed by atoms with E-state index >= 15 is 0 Å². The van der Waals surface area contributed by atoms with Gasteiger partial charge >= 0.3 is 0 Å². The third-order valence-corrected chi connectivity index (χ3v) is 3.40. The molecule has 0 atom stereocenters. The molecule has 1 aliphatic rings. The largest absolute Gasteiger partial charge is 0.278 e. The van der Waals surface area contributed by atoms with Crippen LogP contribution in [0.4, 0.5) is 5.69 Å². The molecule has 2 rings (SSSR count). The van der Waals surface area contributed by atoms with Crippen molar-refractivity contribution < 1.29 is 14.5 Å². The van der Waals surface area contributed by atoms with E-state index in [2.05, 4.69) is 15.9 Å². The van der Waals surface area contributed by atoms with E-state index in [0.717, 1.165) is 4.90 Å². The number of carbonyl (C=O) groups is 2. The second-order valence-corrected chi connectivity index (χ2v) is 4.73. The maximum Gasteiger partial charge on any atom is 0.270 e. The van der Waals surface area contributed by atoms with E-state index in [1.165, 1.54) is 18.2 Å². The van der Waals surface area contributed by atoms with Gasteiger partial charge in [0.25, 0.3) is 11.6 Å². The maximum absolute atomic E-state index is 12.1. The van der Waals surface area contributed by atoms with Gasteiger partial charge in [0.05, 0.1) is 10.5 Å². The predicted molar refractivity (Wildman–Crippen MR) is 66.1 cm³/mol. The lowest BCUT2D eigenvalue weighted by atomic mass is 10.2. The van der Waals surface area contributed by atoms with Crippen LogP contribution in [0.5, 0.6) is 0 Å². The molecule has 0 radical (unpaired) electrons. The van der Waals surface area contributed by atoms with Gasteiger partial charge < -0.3 is 0 Å². The molecule has 1 aromatic carbocycles. The molecule has 1 aliphatic heterocycles. The fourth-order valence-electron chi connectivity index (χ4n) is 1.80. The molecule has 0 aliphatic carbocycles. The van der Waals surface area contributed by atoms with Gasteiger partial charge in [-0.1, -0.05) is 0 Å². The third kappa shape index (κ3) is 2.26. The molecule has 94 valence electrons. The van der Waals surface area contributed by atoms with Gasteiger partial charge in [-0.3, -0.25) is 24.6 Å². The molecule has 0 unspecified atom stereocenters. The number of nitro benzene ring substituents is 1. The third-order valence-electron chi connectivity index (χ3n) is 2.71. The molecular weight excluding hydrogens is 304 g/mol. The van der Waals surface area contributed by atoms with Crippen molar-refractivity contribution >= 4 is 33.4 Å². The first kappa shape index (κ1) is 12.7. The number of imide groups is 1. The Morgan fingerprint density at radius 2 is 2.17 bits per heavy atom. The molecule has 0 bridgehead atoms. The van der Waals surface area contributed by atoms with E-state index in [1.54, 1.807) is 0 Å². The van der Waals surface area contributed by atoms with Crippen molar-refractivity contribution in [2.45, 2.75) is 12.8 Å². The number of likely N-dealkylation sites (tertiary alicyclic amines) is 1. The van der Waals surface area contributed by atoms with E-state index in [9.17, 15) is 19.7 Å². The Hall–Kier alpha value is -1.76. The lowest BCUT2D eigenvalue weighted by Crippen LogP contribution is -2.32. The van der Waals surface area contributed by atoms with E-state index in [0.29, 0.717) is 23.9 Å². The van der Waals surface area contributed by atoms with E-state index in [4.69, 9.17) is 0 Å². The molecule has 18 heavy (non-hydrogen) atoms. The molecule has 0 N–H and O–H groups in total. The number of halogens is 1. The van der Waals surface area contributed by atoms with Gasteiger partial charge in [0.15, 0.2) is 0 Å². The van der Waals surface area contributed by atoms with Gasteiger partial charge in [0.1, 0.15) is 0 Å². The lowest BCUT2D eigenvalue weighted by molar-refractivity contribution is -0.384. The summed E-state index contributed by atoms with van der Waals surface area (Å²) in [5, 5.41) is 10.7. The number of nitrogens with zero attached hydrogens (tertiary/aromatic N) is 2. The number of benzene rings is 1. The monoisotopic (exact) mass is 312 g/mol. The highest BCUT2D eigenvalue weighted by Crippen LogP contribution is 2.25. The molecule has 1 fully saturated rings. The van der Waals surface area contributed by atoms with Gasteiger partial charge in [0, 0.05) is 29.6 Å². The van der Waals surface area contributed by atoms with E-state index in [1.807, 2.05) is 0 Å². The average Bonchev–Trinajstić information content (AvgIpc) is 2.75. The molecule has 0 saturated carbocycles. The first-order valence-electron chi connectivity index (χ1n) is 5.29. The quantitative estimate of drug-likeness (QED) is 0.476. The van der Waals surface area contributed by atoms with Gasteiger partial charge in [-0.25, -0.2) is 0 Å². The number of carbonyl (C=O) groups excluding carboxylic acids is 2. The van der Waals surface area contributed by atoms with Crippen LogP contribution in [0.15, 0.2) is 22.7 Å². The molecular formula is C11H9BrN2O4. The highest BCUT2D eigenvalue weighted by atomic mass is 79.9. The lowest BCUT2D eigenvalue weighted by Gasteiger charge is -2.14. The van der Waals surface area contributed by atoms with Gasteiger partial charge in [0.2, 0.25) is 5.91 Å². The highest BCUT2D eigenvalue weighted by Gasteiger charge is 2.29. The number of hydrogen-bond acceptors (Lipinski definition) is 4. The van der Waals surface area contributed by atoms with Crippen LogP contribution in [0.2, 0.25) is 0 Å². The van der Waals surface area contributed by atoms with Crippen LogP contribution in [0.3, 0.4) is 0 Å². The molecule has 1 aromatic rings. The first-order chi connectivity index (χ1) is 8.50. The van der Waals surface area contributed by atoms with Crippen LogP contribution in [0, 0.1) is 10.1 Å². The van der Waals surface area contributed by atoms with Crippen LogP contribution < -0.4 is 0 Å². The van der Waals surface area contributed by atoms with Gasteiger partial charge in [-0.05, 0) is 28.4 Å². The Labute approximate surface area is 111 Å². The van der Waals surface area contributed by atoms with Crippen LogP contribution in [0.25, 0.3) is 0 Å². The summed E-state index contributed by atoms with van der Waals surface area (Å²) < 4.78 is 0.442. The molecule has 7 heteroatoms. The second kappa shape index (κ2) is 4.85. The van der Waals surface area contributed by atoms with Crippen molar-refractivity contribution in [3.63, 3.8) is 0 Å². The summed E-state index contributed by atoms with van der Waals surface area (Å²) in [5.41, 5.74) is -0.0346. The van der Waals surface area contributed by atoms with Crippen molar-refractivity contribution in [1.29, 1.82) is 0 Å². The van der Waals surface area contributed by atoms with Crippen molar-refractivity contribution in [3.8, 4) is 0 Å². The number of rotatable bonds is 2. The molecule has 6 nitrogen and oxygen atoms in total. The number of amides is 2. The smallest absolute Gasteiger partial charge is 0.270 e. The molecule has 0 spiro atoms. The minimum Gasteiger partial charge on any atom is -0.278 e. The zero-order valence-corrected chi connectivity index (χ0v) is 10.8. The van der Waals surface area contributed by atoms with Gasteiger partial charge in [-0.2, -0.15) is 0 Å². The Balaban J connectivity index is 2.37. The van der Waals surface area contributed by atoms with E-state index < -0.39 is 10.8 Å². The minimum atomic E-state index is -0.574.